The summed E-state index contributed by atoms with van der Waals surface area (Å²) in [6, 6.07) is 13.6. The van der Waals surface area contributed by atoms with E-state index in [0.717, 1.165) is 11.1 Å². The molecule has 0 aliphatic carbocycles. The van der Waals surface area contributed by atoms with E-state index in [0.29, 0.717) is 16.5 Å². The molecule has 1 saturated heterocycles. The maximum absolute atomic E-state index is 14.2. The Hall–Kier alpha value is -2.13. The third-order valence-electron chi connectivity index (χ3n) is 7.14. The minimum absolute atomic E-state index is 0.0122. The number of sulfonamides is 1. The van der Waals surface area contributed by atoms with Crippen LogP contribution in [0.4, 0.5) is 0 Å². The summed E-state index contributed by atoms with van der Waals surface area (Å²) in [5.74, 6) is -1.68. The summed E-state index contributed by atoms with van der Waals surface area (Å²) in [4.78, 5) is 27.8. The summed E-state index contributed by atoms with van der Waals surface area (Å²) in [6.07, 6.45) is 0.402. The molecule has 0 saturated carbocycles. The van der Waals surface area contributed by atoms with Gasteiger partial charge in [-0.1, -0.05) is 61.3 Å². The lowest BCUT2D eigenvalue weighted by Crippen LogP contribution is -2.58. The number of benzene rings is 2. The van der Waals surface area contributed by atoms with E-state index >= 15 is 0 Å². The molecule has 37 heavy (non-hydrogen) atoms. The molecular formula is C27H34Cl2N2O5S. The van der Waals surface area contributed by atoms with Crippen molar-refractivity contribution in [3.8, 4) is 0 Å². The summed E-state index contributed by atoms with van der Waals surface area (Å²) in [5.41, 5.74) is 0.496. The summed E-state index contributed by atoms with van der Waals surface area (Å²) < 4.78 is 27.8. The predicted molar refractivity (Wildman–Crippen MR) is 146 cm³/mol. The molecule has 0 bridgehead atoms. The maximum atomic E-state index is 14.2. The first-order valence-electron chi connectivity index (χ1n) is 12.3. The van der Waals surface area contributed by atoms with Gasteiger partial charge in [0.2, 0.25) is 15.9 Å². The Kier molecular flexibility index (Phi) is 9.32. The lowest BCUT2D eigenvalue weighted by Gasteiger charge is -2.52. The van der Waals surface area contributed by atoms with Gasteiger partial charge in [-0.2, -0.15) is 0 Å². The molecule has 1 aliphatic rings. The average molecular weight is 570 g/mol. The van der Waals surface area contributed by atoms with Crippen LogP contribution in [0.2, 0.25) is 10.0 Å². The highest BCUT2D eigenvalue weighted by Crippen LogP contribution is 2.52. The molecule has 0 spiro atoms. The number of carbonyl (C=O) groups excluding carboxylic acids is 1. The first kappa shape index (κ1) is 29.4. The highest BCUT2D eigenvalue weighted by molar-refractivity contribution is 7.90. The topological polar surface area (TPSA) is 104 Å². The van der Waals surface area contributed by atoms with Crippen LogP contribution in [-0.2, 0) is 19.6 Å². The second kappa shape index (κ2) is 11.7. The quantitative estimate of drug-likeness (QED) is 0.386. The molecule has 4 atom stereocenters. The predicted octanol–water partition coefficient (Wildman–Crippen LogP) is 5.64. The number of aliphatic carboxylic acids is 1. The summed E-state index contributed by atoms with van der Waals surface area (Å²) in [7, 11) is -3.58. The van der Waals surface area contributed by atoms with E-state index in [9.17, 15) is 23.1 Å². The first-order valence-corrected chi connectivity index (χ1v) is 14.6. The van der Waals surface area contributed by atoms with Gasteiger partial charge in [-0.05, 0) is 62.1 Å². The SMILES string of the molecule is CC[C@@H](CNS(=O)(=O)C(C)C)N1C(=O)[C@](C)(CC(=O)O)CC(c2cccc(Cl)c2)[C@H]1c1ccc(Cl)cc1. The van der Waals surface area contributed by atoms with Crippen molar-refractivity contribution in [3.05, 3.63) is 69.7 Å². The Bertz CT molecular complexity index is 1240. The van der Waals surface area contributed by atoms with E-state index < -0.39 is 38.7 Å². The Morgan fingerprint density at radius 3 is 2.32 bits per heavy atom. The number of hydrogen-bond donors (Lipinski definition) is 2. The summed E-state index contributed by atoms with van der Waals surface area (Å²) >= 11 is 12.5. The van der Waals surface area contributed by atoms with E-state index in [1.165, 1.54) is 0 Å². The van der Waals surface area contributed by atoms with Crippen molar-refractivity contribution in [1.82, 2.24) is 9.62 Å². The fraction of sp³-hybridized carbons (Fsp3) is 0.481. The maximum Gasteiger partial charge on any atom is 0.304 e. The van der Waals surface area contributed by atoms with Gasteiger partial charge in [0.25, 0.3) is 0 Å². The third kappa shape index (κ3) is 6.66. The lowest BCUT2D eigenvalue weighted by molar-refractivity contribution is -0.160. The molecule has 202 valence electrons. The van der Waals surface area contributed by atoms with Crippen molar-refractivity contribution in [2.24, 2.45) is 5.41 Å². The number of piperidine rings is 1. The van der Waals surface area contributed by atoms with Gasteiger partial charge in [-0.15, -0.1) is 0 Å². The number of rotatable bonds is 10. The number of likely N-dealkylation sites (tertiary alicyclic amines) is 1. The van der Waals surface area contributed by atoms with Crippen molar-refractivity contribution < 1.29 is 23.1 Å². The van der Waals surface area contributed by atoms with E-state index in [2.05, 4.69) is 4.72 Å². The standard InChI is InChI=1S/C27H34Cl2N2O5S/c1-5-22(16-30-37(35,36)17(2)3)31-25(18-9-11-20(28)12-10-18)23(19-7-6-8-21(29)13-19)14-27(4,26(31)34)15-24(32)33/h6-13,17,22-23,25,30H,5,14-16H2,1-4H3,(H,32,33)/t22-,23?,25+,27-/m0/s1. The van der Waals surface area contributed by atoms with Crippen molar-refractivity contribution >= 4 is 45.1 Å². The minimum atomic E-state index is -3.58. The summed E-state index contributed by atoms with van der Waals surface area (Å²) in [6.45, 7) is 6.75. The molecule has 1 unspecified atom stereocenters. The van der Waals surface area contributed by atoms with Crippen LogP contribution in [0, 0.1) is 5.41 Å². The number of nitrogens with one attached hydrogen (secondary N) is 1. The van der Waals surface area contributed by atoms with Crippen LogP contribution in [0.25, 0.3) is 0 Å². The molecule has 10 heteroatoms. The largest absolute Gasteiger partial charge is 0.481 e. The third-order valence-corrected chi connectivity index (χ3v) is 9.43. The molecule has 7 nitrogen and oxygen atoms in total. The number of amides is 1. The zero-order valence-corrected chi connectivity index (χ0v) is 23.8. The van der Waals surface area contributed by atoms with Crippen molar-refractivity contribution in [2.75, 3.05) is 6.54 Å². The van der Waals surface area contributed by atoms with Gasteiger partial charge in [0, 0.05) is 28.5 Å². The Balaban J connectivity index is 2.20. The number of nitrogens with zero attached hydrogens (tertiary/aromatic N) is 1. The zero-order chi connectivity index (χ0) is 27.5. The Morgan fingerprint density at radius 1 is 1.14 bits per heavy atom. The normalized spacial score (nSPS) is 23.3. The van der Waals surface area contributed by atoms with Crippen LogP contribution in [0.15, 0.2) is 48.5 Å². The molecule has 2 aromatic rings. The second-order valence-electron chi connectivity index (χ2n) is 10.2. The Labute approximate surface area is 229 Å². The molecule has 1 amide bonds. The molecular weight excluding hydrogens is 535 g/mol. The lowest BCUT2D eigenvalue weighted by atomic mass is 9.67. The van der Waals surface area contributed by atoms with Gasteiger partial charge in [-0.3, -0.25) is 9.59 Å². The van der Waals surface area contributed by atoms with Crippen molar-refractivity contribution in [2.45, 2.75) is 70.2 Å². The van der Waals surface area contributed by atoms with Crippen LogP contribution >= 0.6 is 23.2 Å². The van der Waals surface area contributed by atoms with Gasteiger partial charge in [-0.25, -0.2) is 13.1 Å². The number of hydrogen-bond acceptors (Lipinski definition) is 4. The molecule has 0 radical (unpaired) electrons. The molecule has 3 rings (SSSR count). The highest BCUT2D eigenvalue weighted by atomic mass is 35.5. The first-order chi connectivity index (χ1) is 17.3. The van der Waals surface area contributed by atoms with E-state index in [1.807, 2.05) is 37.3 Å². The van der Waals surface area contributed by atoms with Gasteiger partial charge >= 0.3 is 5.97 Å². The second-order valence-corrected chi connectivity index (χ2v) is 13.4. The number of carboxylic acid groups (broad SMARTS) is 1. The van der Waals surface area contributed by atoms with Gasteiger partial charge in [0.15, 0.2) is 0 Å². The van der Waals surface area contributed by atoms with Crippen LogP contribution in [-0.4, -0.2) is 48.1 Å². The monoisotopic (exact) mass is 568 g/mol. The van der Waals surface area contributed by atoms with Gasteiger partial charge in [0.05, 0.1) is 23.1 Å². The molecule has 2 aromatic carbocycles. The molecule has 1 fully saturated rings. The van der Waals surface area contributed by atoms with Crippen molar-refractivity contribution in [1.29, 1.82) is 0 Å². The molecule has 0 aromatic heterocycles. The van der Waals surface area contributed by atoms with Gasteiger partial charge < -0.3 is 10.0 Å². The smallest absolute Gasteiger partial charge is 0.304 e. The number of carbonyl (C=O) groups is 2. The van der Waals surface area contributed by atoms with Crippen LogP contribution < -0.4 is 4.72 Å². The van der Waals surface area contributed by atoms with Gasteiger partial charge in [0.1, 0.15) is 0 Å². The van der Waals surface area contributed by atoms with Crippen LogP contribution in [0.5, 0.6) is 0 Å². The minimum Gasteiger partial charge on any atom is -0.481 e. The highest BCUT2D eigenvalue weighted by Gasteiger charge is 2.52. The average Bonchev–Trinajstić information content (AvgIpc) is 2.82. The van der Waals surface area contributed by atoms with Crippen LogP contribution in [0.3, 0.4) is 0 Å². The Morgan fingerprint density at radius 2 is 1.78 bits per heavy atom. The fourth-order valence-electron chi connectivity index (χ4n) is 5.10. The number of carboxylic acids is 1. The molecule has 1 heterocycles. The van der Waals surface area contributed by atoms with E-state index in [1.54, 1.807) is 43.9 Å². The van der Waals surface area contributed by atoms with E-state index in [-0.39, 0.29) is 31.2 Å². The van der Waals surface area contributed by atoms with E-state index in [4.69, 9.17) is 23.2 Å². The molecule has 2 N–H and O–H groups in total. The summed E-state index contributed by atoms with van der Waals surface area (Å²) in [5, 5.41) is 10.2. The number of halogens is 2. The van der Waals surface area contributed by atoms with Crippen molar-refractivity contribution in [3.63, 3.8) is 0 Å². The van der Waals surface area contributed by atoms with Crippen LogP contribution in [0.1, 0.15) is 70.0 Å². The fourth-order valence-corrected chi connectivity index (χ4v) is 6.18. The zero-order valence-electron chi connectivity index (χ0n) is 21.4. The molecule has 1 aliphatic heterocycles.